The predicted molar refractivity (Wildman–Crippen MR) is 110 cm³/mol. The van der Waals surface area contributed by atoms with Crippen LogP contribution in [-0.2, 0) is 31.4 Å². The molecule has 3 heterocycles. The highest BCUT2D eigenvalue weighted by molar-refractivity contribution is 7.91. The number of thiophene rings is 1. The molecule has 1 aromatic heterocycles. The molecular weight excluding hydrogens is 452 g/mol. The first-order valence-corrected chi connectivity index (χ1v) is 13.7. The molecule has 13 heteroatoms. The zero-order chi connectivity index (χ0) is 21.4. The van der Waals surface area contributed by atoms with E-state index in [0.717, 1.165) is 36.9 Å². The van der Waals surface area contributed by atoms with E-state index in [2.05, 4.69) is 19.8 Å². The number of carbonyl (C=O) groups excluding carboxylic acids is 1. The average molecular weight is 473 g/mol. The maximum atomic E-state index is 12.9. The molecule has 2 saturated carbocycles. The highest BCUT2D eigenvalue weighted by atomic mass is 32.2. The topological polar surface area (TPSA) is 154 Å². The minimum Gasteiger partial charge on any atom is -0.511 e. The normalized spacial score (nSPS) is 31.6. The molecule has 1 amide bonds. The Kier molecular flexibility index (Phi) is 4.34. The second-order valence-corrected chi connectivity index (χ2v) is 12.4. The van der Waals surface area contributed by atoms with Crippen molar-refractivity contribution in [2.24, 2.45) is 22.2 Å². The SMILES string of the molecule is CS(=O)(=O)NCc1csc2c1S(=O)(=O)N=C(C1=C(O)C3C(NC1=O)[C@H]1CC[C@@H]3C1)N2. The molecule has 0 saturated heterocycles. The minimum atomic E-state index is -4.20. The largest absolute Gasteiger partial charge is 0.511 e. The van der Waals surface area contributed by atoms with Crippen LogP contribution in [0, 0.1) is 17.8 Å². The van der Waals surface area contributed by atoms with Crippen LogP contribution in [0.3, 0.4) is 0 Å². The van der Waals surface area contributed by atoms with Crippen LogP contribution < -0.4 is 15.4 Å². The van der Waals surface area contributed by atoms with Crippen molar-refractivity contribution in [2.75, 3.05) is 11.6 Å². The molecule has 0 radical (unpaired) electrons. The number of amidine groups is 1. The Bertz CT molecular complexity index is 1230. The molecule has 4 N–H and O–H groups in total. The first-order valence-electron chi connectivity index (χ1n) is 9.46. The van der Waals surface area contributed by atoms with Gasteiger partial charge >= 0.3 is 0 Å². The summed E-state index contributed by atoms with van der Waals surface area (Å²) in [4.78, 5) is 12.6. The van der Waals surface area contributed by atoms with Crippen molar-refractivity contribution in [3.05, 3.63) is 22.3 Å². The molecule has 4 aliphatic rings. The van der Waals surface area contributed by atoms with Gasteiger partial charge in [0.25, 0.3) is 15.9 Å². The van der Waals surface area contributed by atoms with Gasteiger partial charge in [-0.3, -0.25) is 4.79 Å². The number of aliphatic hydroxyl groups is 1. The molecule has 2 bridgehead atoms. The molecule has 5 rings (SSSR count). The van der Waals surface area contributed by atoms with Crippen LogP contribution in [0.25, 0.3) is 0 Å². The molecule has 10 nitrogen and oxygen atoms in total. The number of aliphatic hydroxyl groups excluding tert-OH is 1. The van der Waals surface area contributed by atoms with Crippen LogP contribution in [0.1, 0.15) is 24.8 Å². The van der Waals surface area contributed by atoms with Crippen LogP contribution in [0.2, 0.25) is 0 Å². The van der Waals surface area contributed by atoms with Crippen LogP contribution in [0.4, 0.5) is 5.00 Å². The molecule has 1 aromatic rings. The number of carbonyl (C=O) groups is 1. The van der Waals surface area contributed by atoms with Gasteiger partial charge in [0.15, 0.2) is 5.84 Å². The number of nitrogens with one attached hydrogen (secondary N) is 3. The third-order valence-electron chi connectivity index (χ3n) is 6.29. The summed E-state index contributed by atoms with van der Waals surface area (Å²) in [6.07, 6.45) is 3.92. The fourth-order valence-corrected chi connectivity index (χ4v) is 8.14. The number of nitrogens with zero attached hydrogens (tertiary/aromatic N) is 1. The lowest BCUT2D eigenvalue weighted by Crippen LogP contribution is -2.51. The number of rotatable bonds is 4. The lowest BCUT2D eigenvalue weighted by molar-refractivity contribution is -0.119. The molecule has 30 heavy (non-hydrogen) atoms. The third kappa shape index (κ3) is 3.06. The molecule has 2 aliphatic carbocycles. The van der Waals surface area contributed by atoms with Crippen molar-refractivity contribution in [2.45, 2.75) is 36.7 Å². The van der Waals surface area contributed by atoms with E-state index in [9.17, 15) is 26.7 Å². The number of amides is 1. The Morgan fingerprint density at radius 3 is 2.80 bits per heavy atom. The van der Waals surface area contributed by atoms with E-state index in [1.54, 1.807) is 0 Å². The zero-order valence-electron chi connectivity index (χ0n) is 15.9. The van der Waals surface area contributed by atoms with Crippen molar-refractivity contribution >= 4 is 48.1 Å². The van der Waals surface area contributed by atoms with E-state index in [4.69, 9.17) is 0 Å². The smallest absolute Gasteiger partial charge is 0.287 e. The summed E-state index contributed by atoms with van der Waals surface area (Å²) >= 11 is 1.06. The number of fused-ring (bicyclic) bond motifs is 6. The van der Waals surface area contributed by atoms with Gasteiger partial charge in [0, 0.05) is 24.1 Å². The first kappa shape index (κ1) is 20.0. The van der Waals surface area contributed by atoms with Crippen LogP contribution >= 0.6 is 11.3 Å². The fraction of sp³-hybridized carbons (Fsp3) is 0.529. The Morgan fingerprint density at radius 2 is 2.07 bits per heavy atom. The number of hydrogen-bond donors (Lipinski definition) is 4. The maximum absolute atomic E-state index is 12.9. The highest BCUT2D eigenvalue weighted by Gasteiger charge is 2.54. The molecule has 0 aromatic carbocycles. The summed E-state index contributed by atoms with van der Waals surface area (Å²) in [7, 11) is -7.71. The Labute approximate surface area is 177 Å². The Balaban J connectivity index is 1.52. The quantitative estimate of drug-likeness (QED) is 0.502. The lowest BCUT2D eigenvalue weighted by Gasteiger charge is -2.36. The molecule has 2 unspecified atom stereocenters. The van der Waals surface area contributed by atoms with Crippen molar-refractivity contribution < 1.29 is 26.7 Å². The number of sulfonamides is 2. The van der Waals surface area contributed by atoms with Crippen molar-refractivity contribution in [3.8, 4) is 0 Å². The van der Waals surface area contributed by atoms with E-state index in [0.29, 0.717) is 5.92 Å². The number of anilines is 1. The van der Waals surface area contributed by atoms with E-state index in [1.165, 1.54) is 5.38 Å². The van der Waals surface area contributed by atoms with Gasteiger partial charge in [0.2, 0.25) is 10.0 Å². The predicted octanol–water partition coefficient (Wildman–Crippen LogP) is 0.667. The van der Waals surface area contributed by atoms with Gasteiger partial charge in [-0.15, -0.1) is 15.7 Å². The Hall–Kier alpha value is -1.96. The summed E-state index contributed by atoms with van der Waals surface area (Å²) in [5.74, 6) is -0.460. The van der Waals surface area contributed by atoms with E-state index < -0.39 is 26.0 Å². The summed E-state index contributed by atoms with van der Waals surface area (Å²) in [5, 5.41) is 18.5. The summed E-state index contributed by atoms with van der Waals surface area (Å²) in [6.45, 7) is -0.197. The summed E-state index contributed by atoms with van der Waals surface area (Å²) in [5.41, 5.74) is 0.123. The highest BCUT2D eigenvalue weighted by Crippen LogP contribution is 2.52. The molecular formula is C17H20N4O6S3. The van der Waals surface area contributed by atoms with Crippen LogP contribution in [0.15, 0.2) is 26.0 Å². The molecule has 0 spiro atoms. The van der Waals surface area contributed by atoms with Gasteiger partial charge in [0.1, 0.15) is 21.2 Å². The van der Waals surface area contributed by atoms with Gasteiger partial charge in [-0.05, 0) is 36.5 Å². The van der Waals surface area contributed by atoms with Crippen molar-refractivity contribution in [3.63, 3.8) is 0 Å². The van der Waals surface area contributed by atoms with Gasteiger partial charge in [0.05, 0.1) is 6.26 Å². The van der Waals surface area contributed by atoms with E-state index in [-0.39, 0.29) is 57.1 Å². The Morgan fingerprint density at radius 1 is 1.33 bits per heavy atom. The number of hydrogen-bond acceptors (Lipinski definition) is 8. The molecule has 2 fully saturated rings. The third-order valence-corrected chi connectivity index (χ3v) is 9.44. The molecule has 4 atom stereocenters. The fourth-order valence-electron chi connectivity index (χ4n) is 5.11. The maximum Gasteiger partial charge on any atom is 0.287 e. The second kappa shape index (κ2) is 6.52. The van der Waals surface area contributed by atoms with Crippen molar-refractivity contribution in [1.82, 2.24) is 10.0 Å². The van der Waals surface area contributed by atoms with Crippen LogP contribution in [-0.4, -0.2) is 46.0 Å². The van der Waals surface area contributed by atoms with Gasteiger partial charge in [-0.1, -0.05) is 0 Å². The zero-order valence-corrected chi connectivity index (χ0v) is 18.3. The lowest BCUT2D eigenvalue weighted by atomic mass is 9.79. The summed E-state index contributed by atoms with van der Waals surface area (Å²) < 4.78 is 54.5. The summed E-state index contributed by atoms with van der Waals surface area (Å²) in [6, 6.07) is -0.119. The monoisotopic (exact) mass is 472 g/mol. The van der Waals surface area contributed by atoms with E-state index >= 15 is 0 Å². The van der Waals surface area contributed by atoms with Gasteiger partial charge in [-0.2, -0.15) is 8.42 Å². The standard InChI is InChI=1S/C17H20N4O6S3/c1-29(24,25)18-5-9-6-28-17-14(9)30(26,27)21-15(20-17)11-13(22)10-7-2-3-8(4-7)12(10)19-16(11)23/h6-8,10,12,18,22H,2-5H2,1H3,(H,19,23)(H,20,21)/t7-,8+,10?,12?/m1/s1. The van der Waals surface area contributed by atoms with Gasteiger partial charge < -0.3 is 15.7 Å². The average Bonchev–Trinajstić information content (AvgIpc) is 3.33. The van der Waals surface area contributed by atoms with Crippen molar-refractivity contribution in [1.29, 1.82) is 0 Å². The molecule has 162 valence electrons. The second-order valence-electron chi connectivity index (χ2n) is 8.17. The molecule has 2 aliphatic heterocycles. The van der Waals surface area contributed by atoms with Crippen LogP contribution in [0.5, 0.6) is 0 Å². The minimum absolute atomic E-state index is 0.101. The first-order chi connectivity index (χ1) is 14.0. The van der Waals surface area contributed by atoms with E-state index in [1.807, 2.05) is 0 Å². The van der Waals surface area contributed by atoms with Gasteiger partial charge in [-0.25, -0.2) is 13.1 Å².